The Balaban J connectivity index is 2.07. The molecular weight excluding hydrogens is 201 g/mol. The van der Waals surface area contributed by atoms with Gasteiger partial charge in [0.2, 0.25) is 11.8 Å². The normalized spacial score (nSPS) is 10.2. The van der Waals surface area contributed by atoms with Crippen LogP contribution in [0.15, 0.2) is 29.0 Å². The standard InChI is InChI=1S/C9H8FN3O2/c10-7-4-12-9(11)13-8(7)15-5-6-2-1-3-14-6/h1-4H,5H2,(H2,11,12,13). The number of hydrogen-bond donors (Lipinski definition) is 1. The predicted molar refractivity (Wildman–Crippen MR) is 49.4 cm³/mol. The molecule has 0 atom stereocenters. The van der Waals surface area contributed by atoms with Crippen LogP contribution >= 0.6 is 0 Å². The van der Waals surface area contributed by atoms with Crippen LogP contribution in [0, 0.1) is 5.82 Å². The van der Waals surface area contributed by atoms with E-state index in [2.05, 4.69) is 9.97 Å². The van der Waals surface area contributed by atoms with Crippen LogP contribution in [0.4, 0.5) is 10.3 Å². The number of rotatable bonds is 3. The smallest absolute Gasteiger partial charge is 0.255 e. The van der Waals surface area contributed by atoms with Crippen LogP contribution in [-0.2, 0) is 6.61 Å². The molecular formula is C9H8FN3O2. The molecule has 6 heteroatoms. The zero-order valence-electron chi connectivity index (χ0n) is 7.68. The first-order valence-corrected chi connectivity index (χ1v) is 4.19. The summed E-state index contributed by atoms with van der Waals surface area (Å²) in [5, 5.41) is 0. The van der Waals surface area contributed by atoms with Gasteiger partial charge in [-0.3, -0.25) is 0 Å². The van der Waals surface area contributed by atoms with Crippen molar-refractivity contribution < 1.29 is 13.5 Å². The van der Waals surface area contributed by atoms with Crippen molar-refractivity contribution in [2.24, 2.45) is 0 Å². The first-order chi connectivity index (χ1) is 7.25. The molecule has 0 bridgehead atoms. The van der Waals surface area contributed by atoms with Crippen molar-refractivity contribution in [1.29, 1.82) is 0 Å². The van der Waals surface area contributed by atoms with Gasteiger partial charge in [0.25, 0.3) is 5.88 Å². The summed E-state index contributed by atoms with van der Waals surface area (Å²) >= 11 is 0. The summed E-state index contributed by atoms with van der Waals surface area (Å²) in [7, 11) is 0. The van der Waals surface area contributed by atoms with Crippen molar-refractivity contribution in [3.8, 4) is 5.88 Å². The van der Waals surface area contributed by atoms with E-state index in [1.54, 1.807) is 12.1 Å². The van der Waals surface area contributed by atoms with Gasteiger partial charge in [0.05, 0.1) is 12.5 Å². The molecule has 0 fully saturated rings. The number of nitrogen functional groups attached to an aromatic ring is 1. The molecule has 5 nitrogen and oxygen atoms in total. The first-order valence-electron chi connectivity index (χ1n) is 4.19. The molecule has 0 aliphatic carbocycles. The maximum Gasteiger partial charge on any atom is 0.255 e. The lowest BCUT2D eigenvalue weighted by molar-refractivity contribution is 0.248. The van der Waals surface area contributed by atoms with Crippen molar-refractivity contribution in [2.75, 3.05) is 5.73 Å². The lowest BCUT2D eigenvalue weighted by Crippen LogP contribution is -2.02. The molecule has 2 aromatic heterocycles. The van der Waals surface area contributed by atoms with Crippen LogP contribution in [0.3, 0.4) is 0 Å². The van der Waals surface area contributed by atoms with Gasteiger partial charge in [-0.15, -0.1) is 0 Å². The second kappa shape index (κ2) is 3.95. The number of aromatic nitrogens is 2. The molecule has 0 aliphatic heterocycles. The van der Waals surface area contributed by atoms with Gasteiger partial charge in [0.1, 0.15) is 12.4 Å². The van der Waals surface area contributed by atoms with Crippen molar-refractivity contribution in [2.45, 2.75) is 6.61 Å². The van der Waals surface area contributed by atoms with E-state index in [-0.39, 0.29) is 18.4 Å². The maximum absolute atomic E-state index is 13.1. The summed E-state index contributed by atoms with van der Waals surface area (Å²) in [6.07, 6.45) is 2.46. The highest BCUT2D eigenvalue weighted by Crippen LogP contribution is 2.14. The highest BCUT2D eigenvalue weighted by atomic mass is 19.1. The zero-order valence-corrected chi connectivity index (χ0v) is 7.68. The second-order valence-electron chi connectivity index (χ2n) is 2.75. The van der Waals surface area contributed by atoms with Gasteiger partial charge in [-0.1, -0.05) is 0 Å². The largest absolute Gasteiger partial charge is 0.467 e. The van der Waals surface area contributed by atoms with Crippen molar-refractivity contribution in [3.63, 3.8) is 0 Å². The van der Waals surface area contributed by atoms with Crippen LogP contribution < -0.4 is 10.5 Å². The molecule has 0 radical (unpaired) electrons. The Hall–Kier alpha value is -2.11. The molecule has 78 valence electrons. The van der Waals surface area contributed by atoms with Crippen molar-refractivity contribution in [1.82, 2.24) is 9.97 Å². The van der Waals surface area contributed by atoms with E-state index in [0.29, 0.717) is 5.76 Å². The fourth-order valence-electron chi connectivity index (χ4n) is 1.000. The summed E-state index contributed by atoms with van der Waals surface area (Å²) in [6, 6.07) is 3.42. The summed E-state index contributed by atoms with van der Waals surface area (Å²) in [6.45, 7) is 0.0976. The quantitative estimate of drug-likeness (QED) is 0.826. The molecule has 0 aliphatic rings. The lowest BCUT2D eigenvalue weighted by atomic mass is 10.5. The minimum atomic E-state index is -0.657. The molecule has 0 unspecified atom stereocenters. The van der Waals surface area contributed by atoms with Crippen LogP contribution in [-0.4, -0.2) is 9.97 Å². The van der Waals surface area contributed by atoms with Crippen LogP contribution in [0.1, 0.15) is 5.76 Å². The Kier molecular flexibility index (Phi) is 2.49. The molecule has 2 rings (SSSR count). The van der Waals surface area contributed by atoms with Gasteiger partial charge in [-0.25, -0.2) is 4.98 Å². The SMILES string of the molecule is Nc1ncc(F)c(OCc2ccco2)n1. The molecule has 0 amide bonds. The monoisotopic (exact) mass is 209 g/mol. The number of hydrogen-bond acceptors (Lipinski definition) is 5. The number of nitrogens with zero attached hydrogens (tertiary/aromatic N) is 2. The van der Waals surface area contributed by atoms with Crippen LogP contribution in [0.25, 0.3) is 0 Å². The number of furan rings is 1. The van der Waals surface area contributed by atoms with E-state index >= 15 is 0 Å². The summed E-state index contributed by atoms with van der Waals surface area (Å²) < 4.78 is 23.1. The van der Waals surface area contributed by atoms with Gasteiger partial charge in [-0.05, 0) is 12.1 Å². The molecule has 2 aromatic rings. The third kappa shape index (κ3) is 2.22. The fourth-order valence-corrected chi connectivity index (χ4v) is 1.000. The van der Waals surface area contributed by atoms with E-state index in [1.165, 1.54) is 6.26 Å². The molecule has 0 saturated carbocycles. The molecule has 0 spiro atoms. The van der Waals surface area contributed by atoms with E-state index < -0.39 is 5.82 Å². The van der Waals surface area contributed by atoms with E-state index in [9.17, 15) is 4.39 Å². The average Bonchev–Trinajstić information content (AvgIpc) is 2.72. The molecule has 2 N–H and O–H groups in total. The number of anilines is 1. The minimum absolute atomic E-state index is 0.0363. The average molecular weight is 209 g/mol. The molecule has 15 heavy (non-hydrogen) atoms. The highest BCUT2D eigenvalue weighted by Gasteiger charge is 2.07. The van der Waals surface area contributed by atoms with Crippen molar-refractivity contribution >= 4 is 5.95 Å². The van der Waals surface area contributed by atoms with Gasteiger partial charge < -0.3 is 14.9 Å². The number of halogens is 1. The highest BCUT2D eigenvalue weighted by molar-refractivity contribution is 5.22. The Labute approximate surface area is 84.7 Å². The third-order valence-corrected chi connectivity index (χ3v) is 1.66. The van der Waals surface area contributed by atoms with Gasteiger partial charge in [0.15, 0.2) is 0 Å². The molecule has 2 heterocycles. The lowest BCUT2D eigenvalue weighted by Gasteiger charge is -2.03. The number of nitrogens with two attached hydrogens (primary N) is 1. The van der Waals surface area contributed by atoms with Crippen LogP contribution in [0.2, 0.25) is 0 Å². The predicted octanol–water partition coefficient (Wildman–Crippen LogP) is 1.37. The molecule has 0 saturated heterocycles. The van der Waals surface area contributed by atoms with Gasteiger partial charge in [-0.2, -0.15) is 9.37 Å². The summed E-state index contributed by atoms with van der Waals surface area (Å²) in [4.78, 5) is 7.07. The van der Waals surface area contributed by atoms with Gasteiger partial charge in [0, 0.05) is 0 Å². The summed E-state index contributed by atoms with van der Waals surface area (Å²) in [5.41, 5.74) is 5.28. The Bertz CT molecular complexity index is 445. The van der Waals surface area contributed by atoms with Gasteiger partial charge >= 0.3 is 0 Å². The Morgan fingerprint density at radius 2 is 2.40 bits per heavy atom. The maximum atomic E-state index is 13.1. The number of ether oxygens (including phenoxy) is 1. The van der Waals surface area contributed by atoms with Crippen LogP contribution in [0.5, 0.6) is 5.88 Å². The van der Waals surface area contributed by atoms with E-state index in [4.69, 9.17) is 14.9 Å². The third-order valence-electron chi connectivity index (χ3n) is 1.66. The fraction of sp³-hybridized carbons (Fsp3) is 0.111. The molecule has 0 aromatic carbocycles. The Morgan fingerprint density at radius 3 is 3.13 bits per heavy atom. The first kappa shape index (κ1) is 9.45. The Morgan fingerprint density at radius 1 is 1.53 bits per heavy atom. The topological polar surface area (TPSA) is 74.2 Å². The second-order valence-corrected chi connectivity index (χ2v) is 2.75. The zero-order chi connectivity index (χ0) is 10.7. The van der Waals surface area contributed by atoms with Crippen molar-refractivity contribution in [3.05, 3.63) is 36.2 Å². The van der Waals surface area contributed by atoms with E-state index in [1.807, 2.05) is 0 Å². The minimum Gasteiger partial charge on any atom is -0.467 e. The van der Waals surface area contributed by atoms with E-state index in [0.717, 1.165) is 6.20 Å². The summed E-state index contributed by atoms with van der Waals surface area (Å²) in [5.74, 6) is -0.299.